The molecule has 1 spiro atoms. The van der Waals surface area contributed by atoms with E-state index >= 15 is 0 Å². The molecular weight excluding hydrogens is 979 g/mol. The van der Waals surface area contributed by atoms with Crippen LogP contribution in [0.15, 0.2) is 297 Å². The van der Waals surface area contributed by atoms with Crippen LogP contribution in [-0.4, -0.2) is 15.0 Å². The lowest BCUT2D eigenvalue weighted by molar-refractivity contribution is 0.794. The molecule has 0 amide bonds. The molecule has 0 atom stereocenters. The van der Waals surface area contributed by atoms with Gasteiger partial charge in [-0.3, -0.25) is 0 Å². The Morgan fingerprint density at radius 3 is 1.11 bits per heavy atom. The summed E-state index contributed by atoms with van der Waals surface area (Å²) in [5.74, 6) is 1.84. The van der Waals surface area contributed by atoms with Crippen LogP contribution < -0.4 is 0 Å². The van der Waals surface area contributed by atoms with Gasteiger partial charge in [-0.25, -0.2) is 15.0 Å². The molecule has 81 heavy (non-hydrogen) atoms. The highest BCUT2D eigenvalue weighted by atomic mass is 15.0. The van der Waals surface area contributed by atoms with Gasteiger partial charge in [0.05, 0.1) is 5.41 Å². The average molecular weight is 1030 g/mol. The first-order chi connectivity index (χ1) is 40.1. The summed E-state index contributed by atoms with van der Waals surface area (Å²) in [7, 11) is 0. The predicted molar refractivity (Wildman–Crippen MR) is 335 cm³/mol. The van der Waals surface area contributed by atoms with Crippen molar-refractivity contribution >= 4 is 21.5 Å². The standard InChI is InChI=1S/C78H49N3/c1-5-21-50(22-6-1)58-46-60-44-55(39-41-62(60)68(48-58)52-25-9-3-10-26-52)54-29-19-30-56(43-54)75-79-76(57-40-42-63-61(45-57)47-59(51-23-7-2-8-24-51)49-69(63)53-27-11-4-12-28-53)81-77(80-75)67-34-20-38-73-74(67)66-33-15-18-37-72(66)78(73)70-35-16-13-31-64(70)65-32-14-17-36-71(65)78/h1-49H. The summed E-state index contributed by atoms with van der Waals surface area (Å²) in [5.41, 5.74) is 23.9. The average Bonchev–Trinajstić information content (AvgIpc) is 3.55. The van der Waals surface area contributed by atoms with Gasteiger partial charge in [0.1, 0.15) is 0 Å². The molecule has 3 heteroatoms. The van der Waals surface area contributed by atoms with Crippen molar-refractivity contribution in [1.82, 2.24) is 15.0 Å². The molecular formula is C78H49N3. The first kappa shape index (κ1) is 46.5. The smallest absolute Gasteiger partial charge is 0.164 e. The molecule has 3 nitrogen and oxygen atoms in total. The Hall–Kier alpha value is -10.6. The minimum Gasteiger partial charge on any atom is -0.208 e. The Morgan fingerprint density at radius 1 is 0.198 bits per heavy atom. The highest BCUT2D eigenvalue weighted by Gasteiger charge is 2.52. The van der Waals surface area contributed by atoms with Crippen molar-refractivity contribution in [2.24, 2.45) is 0 Å². The Labute approximate surface area is 470 Å². The molecule has 0 N–H and O–H groups in total. The molecule has 0 saturated heterocycles. The molecule has 2 aliphatic rings. The maximum absolute atomic E-state index is 5.58. The normalized spacial score (nSPS) is 12.5. The van der Waals surface area contributed by atoms with E-state index in [0.717, 1.165) is 55.3 Å². The van der Waals surface area contributed by atoms with Crippen molar-refractivity contribution in [3.63, 3.8) is 0 Å². The quantitative estimate of drug-likeness (QED) is 0.152. The van der Waals surface area contributed by atoms with Gasteiger partial charge in [0.2, 0.25) is 0 Å². The second kappa shape index (κ2) is 18.8. The first-order valence-electron chi connectivity index (χ1n) is 27.8. The number of rotatable bonds is 8. The van der Waals surface area contributed by atoms with E-state index in [2.05, 4.69) is 297 Å². The summed E-state index contributed by atoms with van der Waals surface area (Å²) in [6.45, 7) is 0. The molecule has 16 rings (SSSR count). The molecule has 0 radical (unpaired) electrons. The fraction of sp³-hybridized carbons (Fsp3) is 0.0128. The zero-order valence-corrected chi connectivity index (χ0v) is 44.1. The summed E-state index contributed by atoms with van der Waals surface area (Å²) in [6.07, 6.45) is 0. The van der Waals surface area contributed by atoms with Crippen molar-refractivity contribution in [3.05, 3.63) is 320 Å². The molecule has 1 aromatic heterocycles. The zero-order valence-electron chi connectivity index (χ0n) is 44.1. The zero-order chi connectivity index (χ0) is 53.4. The summed E-state index contributed by atoms with van der Waals surface area (Å²) in [4.78, 5) is 16.6. The minimum absolute atomic E-state index is 0.517. The molecule has 13 aromatic carbocycles. The summed E-state index contributed by atoms with van der Waals surface area (Å²) in [6, 6.07) is 108. The van der Waals surface area contributed by atoms with Gasteiger partial charge in [0.15, 0.2) is 17.5 Å². The maximum Gasteiger partial charge on any atom is 0.164 e. The molecule has 376 valence electrons. The lowest BCUT2D eigenvalue weighted by Gasteiger charge is -2.30. The topological polar surface area (TPSA) is 38.7 Å². The monoisotopic (exact) mass is 1030 g/mol. The third kappa shape index (κ3) is 7.54. The Kier molecular flexibility index (Phi) is 10.8. The first-order valence-corrected chi connectivity index (χ1v) is 27.8. The van der Waals surface area contributed by atoms with Gasteiger partial charge in [-0.05, 0) is 164 Å². The van der Waals surface area contributed by atoms with E-state index in [1.165, 1.54) is 83.1 Å². The molecule has 1 heterocycles. The molecule has 0 saturated carbocycles. The summed E-state index contributed by atoms with van der Waals surface area (Å²) < 4.78 is 0. The van der Waals surface area contributed by atoms with Crippen LogP contribution in [0.1, 0.15) is 22.3 Å². The van der Waals surface area contributed by atoms with Crippen molar-refractivity contribution in [3.8, 4) is 112 Å². The largest absolute Gasteiger partial charge is 0.208 e. The van der Waals surface area contributed by atoms with Crippen LogP contribution >= 0.6 is 0 Å². The molecule has 2 aliphatic carbocycles. The van der Waals surface area contributed by atoms with Gasteiger partial charge >= 0.3 is 0 Å². The summed E-state index contributed by atoms with van der Waals surface area (Å²) >= 11 is 0. The number of hydrogen-bond donors (Lipinski definition) is 0. The van der Waals surface area contributed by atoms with Gasteiger partial charge < -0.3 is 0 Å². The van der Waals surface area contributed by atoms with E-state index in [1.54, 1.807) is 0 Å². The van der Waals surface area contributed by atoms with Crippen LogP contribution in [0, 0.1) is 0 Å². The third-order valence-electron chi connectivity index (χ3n) is 16.9. The van der Waals surface area contributed by atoms with Crippen molar-refractivity contribution < 1.29 is 0 Å². The van der Waals surface area contributed by atoms with Crippen LogP contribution in [0.3, 0.4) is 0 Å². The Morgan fingerprint density at radius 2 is 0.556 bits per heavy atom. The van der Waals surface area contributed by atoms with Crippen molar-refractivity contribution in [2.45, 2.75) is 5.41 Å². The fourth-order valence-electron chi connectivity index (χ4n) is 13.3. The van der Waals surface area contributed by atoms with Gasteiger partial charge in [-0.15, -0.1) is 0 Å². The number of nitrogens with zero attached hydrogens (tertiary/aromatic N) is 3. The van der Waals surface area contributed by atoms with Crippen LogP contribution in [0.2, 0.25) is 0 Å². The maximum atomic E-state index is 5.58. The van der Waals surface area contributed by atoms with E-state index in [1.807, 2.05) is 0 Å². The summed E-state index contributed by atoms with van der Waals surface area (Å²) in [5, 5.41) is 4.65. The lowest BCUT2D eigenvalue weighted by atomic mass is 9.70. The van der Waals surface area contributed by atoms with Gasteiger partial charge in [-0.1, -0.05) is 255 Å². The van der Waals surface area contributed by atoms with Crippen LogP contribution in [-0.2, 0) is 5.41 Å². The number of aromatic nitrogens is 3. The fourth-order valence-corrected chi connectivity index (χ4v) is 13.3. The molecule has 0 unspecified atom stereocenters. The predicted octanol–water partition coefficient (Wildman–Crippen LogP) is 19.9. The van der Waals surface area contributed by atoms with Crippen molar-refractivity contribution in [2.75, 3.05) is 0 Å². The van der Waals surface area contributed by atoms with E-state index in [-0.39, 0.29) is 0 Å². The third-order valence-corrected chi connectivity index (χ3v) is 16.9. The van der Waals surface area contributed by atoms with Gasteiger partial charge in [-0.2, -0.15) is 0 Å². The van der Waals surface area contributed by atoms with E-state index in [0.29, 0.717) is 17.5 Å². The molecule has 14 aromatic rings. The highest BCUT2D eigenvalue weighted by molar-refractivity contribution is 6.04. The van der Waals surface area contributed by atoms with Gasteiger partial charge in [0, 0.05) is 16.7 Å². The second-order valence-corrected chi connectivity index (χ2v) is 21.4. The second-order valence-electron chi connectivity index (χ2n) is 21.4. The number of fused-ring (bicyclic) bond motifs is 12. The SMILES string of the molecule is c1ccc(-c2cc(-c3ccccc3)c3ccc(-c4cccc(-c5nc(-c6ccc7c(-c8ccccc8)cc(-c8ccccc8)cc7c6)nc(-c6cccc7c6-c6ccccc6C76c7ccccc7-c7ccccc76)n5)c4)cc3c2)cc1. The highest BCUT2D eigenvalue weighted by Crippen LogP contribution is 2.64. The molecule has 0 bridgehead atoms. The Bertz CT molecular complexity index is 4750. The van der Waals surface area contributed by atoms with Crippen LogP contribution in [0.5, 0.6) is 0 Å². The van der Waals surface area contributed by atoms with E-state index in [4.69, 9.17) is 15.0 Å². The van der Waals surface area contributed by atoms with Crippen molar-refractivity contribution in [1.29, 1.82) is 0 Å². The Balaban J connectivity index is 0.903. The van der Waals surface area contributed by atoms with Gasteiger partial charge in [0.25, 0.3) is 0 Å². The molecule has 0 aliphatic heterocycles. The van der Waals surface area contributed by atoms with E-state index < -0.39 is 5.41 Å². The minimum atomic E-state index is -0.517. The lowest BCUT2D eigenvalue weighted by Crippen LogP contribution is -2.25. The van der Waals surface area contributed by atoms with Crippen LogP contribution in [0.25, 0.3) is 134 Å². The number of benzene rings is 13. The van der Waals surface area contributed by atoms with Crippen LogP contribution in [0.4, 0.5) is 0 Å². The molecule has 0 fully saturated rings. The number of hydrogen-bond acceptors (Lipinski definition) is 3. The van der Waals surface area contributed by atoms with E-state index in [9.17, 15) is 0 Å².